The average molecular weight is 513 g/mol. The standard InChI is InChI=1S/C23H36N4O5S2/c1-14(2)11-18(26-20(28)16(24)12-15-7-5-4-6-8-15)21(29)27-19(13-33)22(30)25-17(23(31)32)9-10-34-3/h4-8,14,16-19,33H,9-13,24H2,1-3H3,(H,25,30)(H,26,28)(H,27,29)(H,31,32). The van der Waals surface area contributed by atoms with E-state index in [-0.39, 0.29) is 18.1 Å². The van der Waals surface area contributed by atoms with Gasteiger partial charge in [0, 0.05) is 5.75 Å². The Morgan fingerprint density at radius 3 is 2.06 bits per heavy atom. The molecule has 1 rings (SSSR count). The molecule has 0 spiro atoms. The largest absolute Gasteiger partial charge is 0.480 e. The molecular formula is C23H36N4O5S2. The Morgan fingerprint density at radius 1 is 0.971 bits per heavy atom. The first-order valence-corrected chi connectivity index (χ1v) is 13.1. The molecule has 1 aromatic rings. The first-order valence-electron chi connectivity index (χ1n) is 11.1. The lowest BCUT2D eigenvalue weighted by molar-refractivity contribution is -0.142. The van der Waals surface area contributed by atoms with Crippen molar-refractivity contribution in [2.24, 2.45) is 11.7 Å². The van der Waals surface area contributed by atoms with Crippen molar-refractivity contribution in [1.29, 1.82) is 0 Å². The predicted molar refractivity (Wildman–Crippen MR) is 138 cm³/mol. The maximum absolute atomic E-state index is 13.0. The van der Waals surface area contributed by atoms with Gasteiger partial charge >= 0.3 is 5.97 Å². The second-order valence-corrected chi connectivity index (χ2v) is 9.76. The van der Waals surface area contributed by atoms with Crippen LogP contribution in [0.5, 0.6) is 0 Å². The van der Waals surface area contributed by atoms with Crippen LogP contribution in [0.15, 0.2) is 30.3 Å². The van der Waals surface area contributed by atoms with Crippen molar-refractivity contribution in [3.63, 3.8) is 0 Å². The summed E-state index contributed by atoms with van der Waals surface area (Å²) in [6, 6.07) is 5.43. The lowest BCUT2D eigenvalue weighted by atomic mass is 10.0. The summed E-state index contributed by atoms with van der Waals surface area (Å²) in [5.74, 6) is -2.23. The molecule has 0 saturated heterocycles. The number of carbonyl (C=O) groups is 4. The van der Waals surface area contributed by atoms with Gasteiger partial charge in [-0.2, -0.15) is 24.4 Å². The molecule has 0 bridgehead atoms. The number of nitrogens with one attached hydrogen (secondary N) is 3. The highest BCUT2D eigenvalue weighted by atomic mass is 32.2. The van der Waals surface area contributed by atoms with E-state index in [1.54, 1.807) is 0 Å². The Morgan fingerprint density at radius 2 is 1.53 bits per heavy atom. The van der Waals surface area contributed by atoms with Gasteiger partial charge in [0.1, 0.15) is 18.1 Å². The maximum atomic E-state index is 13.0. The molecule has 6 N–H and O–H groups in total. The van der Waals surface area contributed by atoms with Gasteiger partial charge in [-0.1, -0.05) is 44.2 Å². The zero-order valence-electron chi connectivity index (χ0n) is 19.8. The van der Waals surface area contributed by atoms with Crippen molar-refractivity contribution >= 4 is 48.1 Å². The summed E-state index contributed by atoms with van der Waals surface area (Å²) in [6.45, 7) is 3.81. The number of thioether (sulfide) groups is 1. The second kappa shape index (κ2) is 15.6. The molecule has 3 amide bonds. The highest BCUT2D eigenvalue weighted by Gasteiger charge is 2.30. The Hall–Kier alpha value is -2.24. The maximum Gasteiger partial charge on any atom is 0.326 e. The third-order valence-corrected chi connectivity index (χ3v) is 6.03. The van der Waals surface area contributed by atoms with Crippen molar-refractivity contribution < 1.29 is 24.3 Å². The van der Waals surface area contributed by atoms with E-state index < -0.39 is 47.9 Å². The van der Waals surface area contributed by atoms with E-state index in [1.165, 1.54) is 11.8 Å². The van der Waals surface area contributed by atoms with E-state index in [1.807, 2.05) is 50.4 Å². The number of hydrogen-bond acceptors (Lipinski definition) is 7. The molecule has 4 atom stereocenters. The summed E-state index contributed by atoms with van der Waals surface area (Å²) in [7, 11) is 0. The van der Waals surface area contributed by atoms with Gasteiger partial charge in [0.15, 0.2) is 0 Å². The van der Waals surface area contributed by atoms with Crippen LogP contribution in [0, 0.1) is 5.92 Å². The van der Waals surface area contributed by atoms with Gasteiger partial charge in [-0.15, -0.1) is 0 Å². The molecule has 4 unspecified atom stereocenters. The lowest BCUT2D eigenvalue weighted by Gasteiger charge is -2.25. The van der Waals surface area contributed by atoms with Crippen molar-refractivity contribution in [3.05, 3.63) is 35.9 Å². The number of benzene rings is 1. The SMILES string of the molecule is CSCCC(NC(=O)C(CS)NC(=O)C(CC(C)C)NC(=O)C(N)Cc1ccccc1)C(=O)O. The number of rotatable bonds is 15. The van der Waals surface area contributed by atoms with Gasteiger partial charge in [-0.25, -0.2) is 4.79 Å². The highest BCUT2D eigenvalue weighted by molar-refractivity contribution is 7.98. The van der Waals surface area contributed by atoms with Crippen LogP contribution in [0.1, 0.15) is 32.3 Å². The van der Waals surface area contributed by atoms with E-state index >= 15 is 0 Å². The zero-order valence-corrected chi connectivity index (χ0v) is 21.5. The Labute approximate surface area is 210 Å². The Balaban J connectivity index is 2.82. The fourth-order valence-corrected chi connectivity index (χ4v) is 3.90. The van der Waals surface area contributed by atoms with Crippen molar-refractivity contribution in [3.8, 4) is 0 Å². The van der Waals surface area contributed by atoms with Crippen LogP contribution >= 0.6 is 24.4 Å². The average Bonchev–Trinajstić information content (AvgIpc) is 2.79. The first kappa shape index (κ1) is 29.8. The van der Waals surface area contributed by atoms with Crippen LogP contribution < -0.4 is 21.7 Å². The van der Waals surface area contributed by atoms with E-state index in [9.17, 15) is 24.3 Å². The molecule has 9 nitrogen and oxygen atoms in total. The molecule has 0 heterocycles. The smallest absolute Gasteiger partial charge is 0.326 e. The van der Waals surface area contributed by atoms with Crippen LogP contribution in [-0.4, -0.2) is 70.7 Å². The van der Waals surface area contributed by atoms with Gasteiger partial charge in [0.25, 0.3) is 0 Å². The minimum atomic E-state index is -1.15. The number of thiol groups is 1. The summed E-state index contributed by atoms with van der Waals surface area (Å²) in [6.07, 6.45) is 2.74. The monoisotopic (exact) mass is 512 g/mol. The number of carboxylic acid groups (broad SMARTS) is 1. The summed E-state index contributed by atoms with van der Waals surface area (Å²) in [5.41, 5.74) is 6.95. The minimum Gasteiger partial charge on any atom is -0.480 e. The number of carbonyl (C=O) groups excluding carboxylic acids is 3. The summed E-state index contributed by atoms with van der Waals surface area (Å²) >= 11 is 5.60. The zero-order chi connectivity index (χ0) is 25.7. The summed E-state index contributed by atoms with van der Waals surface area (Å²) in [5, 5.41) is 17.1. The number of amides is 3. The van der Waals surface area contributed by atoms with Gasteiger partial charge in [-0.3, -0.25) is 14.4 Å². The molecular weight excluding hydrogens is 476 g/mol. The molecule has 0 fully saturated rings. The van der Waals surface area contributed by atoms with Crippen LogP contribution in [0.2, 0.25) is 0 Å². The Bertz CT molecular complexity index is 810. The van der Waals surface area contributed by atoms with Gasteiger partial charge in [0.05, 0.1) is 6.04 Å². The van der Waals surface area contributed by atoms with Crippen LogP contribution in [-0.2, 0) is 25.6 Å². The molecule has 0 aromatic heterocycles. The second-order valence-electron chi connectivity index (χ2n) is 8.41. The fourth-order valence-electron chi connectivity index (χ4n) is 3.17. The third kappa shape index (κ3) is 10.8. The number of hydrogen-bond donors (Lipinski definition) is 6. The van der Waals surface area contributed by atoms with E-state index in [0.29, 0.717) is 18.6 Å². The molecule has 11 heteroatoms. The fraction of sp³-hybridized carbons (Fsp3) is 0.565. The minimum absolute atomic E-state index is 0.0394. The van der Waals surface area contributed by atoms with E-state index in [2.05, 4.69) is 28.6 Å². The molecule has 1 aromatic carbocycles. The molecule has 190 valence electrons. The highest BCUT2D eigenvalue weighted by Crippen LogP contribution is 2.08. The molecule has 0 radical (unpaired) electrons. The van der Waals surface area contributed by atoms with E-state index in [0.717, 1.165) is 5.56 Å². The predicted octanol–water partition coefficient (Wildman–Crippen LogP) is 0.824. The summed E-state index contributed by atoms with van der Waals surface area (Å²) in [4.78, 5) is 49.7. The number of aliphatic carboxylic acids is 1. The van der Waals surface area contributed by atoms with E-state index in [4.69, 9.17) is 5.73 Å². The van der Waals surface area contributed by atoms with Crippen LogP contribution in [0.4, 0.5) is 0 Å². The third-order valence-electron chi connectivity index (χ3n) is 5.02. The van der Waals surface area contributed by atoms with Crippen molar-refractivity contribution in [2.75, 3.05) is 17.8 Å². The summed E-state index contributed by atoms with van der Waals surface area (Å²) < 4.78 is 0. The topological polar surface area (TPSA) is 151 Å². The number of nitrogens with two attached hydrogens (primary N) is 1. The molecule has 0 aliphatic rings. The molecule has 0 aliphatic heterocycles. The first-order chi connectivity index (χ1) is 16.1. The van der Waals surface area contributed by atoms with Gasteiger partial charge in [-0.05, 0) is 42.8 Å². The van der Waals surface area contributed by atoms with Crippen LogP contribution in [0.25, 0.3) is 0 Å². The quantitative estimate of drug-likeness (QED) is 0.190. The molecule has 0 saturated carbocycles. The number of carboxylic acids is 1. The van der Waals surface area contributed by atoms with Crippen molar-refractivity contribution in [2.45, 2.75) is 57.3 Å². The van der Waals surface area contributed by atoms with Gasteiger partial charge < -0.3 is 26.8 Å². The lowest BCUT2D eigenvalue weighted by Crippen LogP contribution is -2.58. The molecule has 34 heavy (non-hydrogen) atoms. The molecule has 0 aliphatic carbocycles. The van der Waals surface area contributed by atoms with Crippen LogP contribution in [0.3, 0.4) is 0 Å². The van der Waals surface area contributed by atoms with Gasteiger partial charge in [0.2, 0.25) is 17.7 Å². The Kier molecular flexibility index (Phi) is 13.7. The van der Waals surface area contributed by atoms with Crippen molar-refractivity contribution in [1.82, 2.24) is 16.0 Å². The normalized spacial score (nSPS) is 14.5.